The lowest BCUT2D eigenvalue weighted by Crippen LogP contribution is -2.44. The summed E-state index contributed by atoms with van der Waals surface area (Å²) in [6.45, 7) is 4.96. The number of benzene rings is 2. The van der Waals surface area contributed by atoms with Gasteiger partial charge in [-0.2, -0.15) is 5.26 Å². The zero-order valence-corrected chi connectivity index (χ0v) is 19.0. The Bertz CT molecular complexity index is 1200. The number of rotatable bonds is 7. The third-order valence-corrected chi connectivity index (χ3v) is 5.85. The van der Waals surface area contributed by atoms with Gasteiger partial charge in [0.2, 0.25) is 0 Å². The highest BCUT2D eigenvalue weighted by Crippen LogP contribution is 2.29. The van der Waals surface area contributed by atoms with Gasteiger partial charge in [-0.25, -0.2) is 0 Å². The Hall–Kier alpha value is -3.60. The number of ether oxygens (including phenoxy) is 1. The highest BCUT2D eigenvalue weighted by atomic mass is 16.5. The molecule has 0 saturated carbocycles. The van der Waals surface area contributed by atoms with Gasteiger partial charge >= 0.3 is 0 Å². The van der Waals surface area contributed by atoms with Crippen LogP contribution in [-0.2, 0) is 9.53 Å². The van der Waals surface area contributed by atoms with E-state index in [0.717, 1.165) is 37.1 Å². The summed E-state index contributed by atoms with van der Waals surface area (Å²) in [5.74, 6) is 0.687. The van der Waals surface area contributed by atoms with E-state index in [4.69, 9.17) is 9.15 Å². The van der Waals surface area contributed by atoms with Gasteiger partial charge in [-0.15, -0.1) is 0 Å². The summed E-state index contributed by atoms with van der Waals surface area (Å²) in [6, 6.07) is 18.3. The number of fused-ring (bicyclic) bond motifs is 1. The van der Waals surface area contributed by atoms with E-state index >= 15 is 0 Å². The van der Waals surface area contributed by atoms with E-state index in [9.17, 15) is 10.1 Å². The van der Waals surface area contributed by atoms with Gasteiger partial charge in [-0.05, 0) is 48.2 Å². The SMILES string of the molecule is COCCNC(=O)/C(C#N)=C/c1ccc(-c2ccc3cc(N4CCN(C)CC4)ccc3c2)o1. The average molecular weight is 445 g/mol. The highest BCUT2D eigenvalue weighted by Gasteiger charge is 2.15. The molecule has 2 heterocycles. The van der Waals surface area contributed by atoms with Crippen molar-refractivity contribution in [3.05, 3.63) is 59.9 Å². The summed E-state index contributed by atoms with van der Waals surface area (Å²) in [5.41, 5.74) is 2.18. The molecular weight excluding hydrogens is 416 g/mol. The first-order valence-corrected chi connectivity index (χ1v) is 11.0. The van der Waals surface area contributed by atoms with Gasteiger partial charge in [0.25, 0.3) is 5.91 Å². The van der Waals surface area contributed by atoms with Crippen molar-refractivity contribution in [3.63, 3.8) is 0 Å². The highest BCUT2D eigenvalue weighted by molar-refractivity contribution is 6.01. The van der Waals surface area contributed by atoms with E-state index in [-0.39, 0.29) is 5.57 Å². The van der Waals surface area contributed by atoms with E-state index in [2.05, 4.69) is 52.5 Å². The molecule has 0 bridgehead atoms. The number of likely N-dealkylation sites (N-methyl/N-ethyl adjacent to an activating group) is 1. The molecule has 3 aromatic rings. The predicted molar refractivity (Wildman–Crippen MR) is 130 cm³/mol. The van der Waals surface area contributed by atoms with Gasteiger partial charge in [0.1, 0.15) is 23.2 Å². The minimum atomic E-state index is -0.450. The van der Waals surface area contributed by atoms with Gasteiger partial charge in [-0.1, -0.05) is 18.2 Å². The molecule has 0 spiro atoms. The van der Waals surface area contributed by atoms with E-state index in [1.165, 1.54) is 17.1 Å². The number of furan rings is 1. The van der Waals surface area contributed by atoms with Crippen LogP contribution < -0.4 is 10.2 Å². The average Bonchev–Trinajstić information content (AvgIpc) is 3.31. The maximum absolute atomic E-state index is 12.1. The van der Waals surface area contributed by atoms with Crippen LogP contribution in [0.1, 0.15) is 5.76 Å². The number of carbonyl (C=O) groups is 1. The van der Waals surface area contributed by atoms with Crippen molar-refractivity contribution in [2.75, 3.05) is 58.4 Å². The number of piperazine rings is 1. The first-order valence-electron chi connectivity index (χ1n) is 11.0. The molecule has 170 valence electrons. The topological polar surface area (TPSA) is 81.7 Å². The Morgan fingerprint density at radius 3 is 2.64 bits per heavy atom. The van der Waals surface area contributed by atoms with E-state index in [0.29, 0.717) is 24.7 Å². The smallest absolute Gasteiger partial charge is 0.262 e. The minimum absolute atomic E-state index is 0.0121. The van der Waals surface area contributed by atoms with E-state index in [1.807, 2.05) is 18.2 Å². The third kappa shape index (κ3) is 5.43. The quantitative estimate of drug-likeness (QED) is 0.341. The number of methoxy groups -OCH3 is 1. The number of hydrogen-bond donors (Lipinski definition) is 1. The van der Waals surface area contributed by atoms with Gasteiger partial charge in [0.05, 0.1) is 6.61 Å². The fourth-order valence-electron chi connectivity index (χ4n) is 3.89. The van der Waals surface area contributed by atoms with Crippen LogP contribution in [0.15, 0.2) is 58.5 Å². The first-order chi connectivity index (χ1) is 16.1. The summed E-state index contributed by atoms with van der Waals surface area (Å²) in [6.07, 6.45) is 1.45. The molecule has 0 atom stereocenters. The van der Waals surface area contributed by atoms with Gasteiger partial charge in [-0.3, -0.25) is 4.79 Å². The number of nitriles is 1. The molecule has 1 fully saturated rings. The number of carbonyl (C=O) groups excluding carboxylic acids is 1. The lowest BCUT2D eigenvalue weighted by molar-refractivity contribution is -0.117. The Balaban J connectivity index is 1.51. The van der Waals surface area contributed by atoms with E-state index < -0.39 is 5.91 Å². The summed E-state index contributed by atoms with van der Waals surface area (Å²) in [7, 11) is 3.71. The molecule has 1 aliphatic heterocycles. The van der Waals surface area contributed by atoms with Crippen molar-refractivity contribution in [3.8, 4) is 17.4 Å². The molecule has 1 amide bonds. The summed E-state index contributed by atoms with van der Waals surface area (Å²) in [4.78, 5) is 16.9. The van der Waals surface area contributed by atoms with Crippen molar-refractivity contribution in [2.45, 2.75) is 0 Å². The van der Waals surface area contributed by atoms with Crippen molar-refractivity contribution >= 4 is 28.4 Å². The van der Waals surface area contributed by atoms with Crippen LogP contribution in [0.3, 0.4) is 0 Å². The lowest BCUT2D eigenvalue weighted by atomic mass is 10.0. The monoisotopic (exact) mass is 444 g/mol. The number of amides is 1. The largest absolute Gasteiger partial charge is 0.457 e. The summed E-state index contributed by atoms with van der Waals surface area (Å²) < 4.78 is 10.8. The normalized spacial score (nSPS) is 14.9. The zero-order valence-electron chi connectivity index (χ0n) is 19.0. The van der Waals surface area contributed by atoms with Gasteiger partial charge in [0, 0.05) is 57.2 Å². The molecule has 2 aromatic carbocycles. The number of hydrogen-bond acceptors (Lipinski definition) is 6. The molecule has 1 aliphatic rings. The van der Waals surface area contributed by atoms with Crippen LogP contribution in [0.25, 0.3) is 28.2 Å². The standard InChI is InChI=1S/C26H28N4O3/c1-29-10-12-30(13-11-29)23-6-5-19-15-21(4-3-20(19)16-23)25-8-7-24(33-25)17-22(18-27)26(31)28-9-14-32-2/h3-8,15-17H,9-14H2,1-2H3,(H,28,31)/b22-17+. The number of anilines is 1. The molecule has 1 saturated heterocycles. The number of nitrogens with zero attached hydrogens (tertiary/aromatic N) is 3. The molecule has 0 aliphatic carbocycles. The fourth-order valence-corrected chi connectivity index (χ4v) is 3.89. The molecule has 0 radical (unpaired) electrons. The van der Waals surface area contributed by atoms with Crippen molar-refractivity contribution in [2.24, 2.45) is 0 Å². The van der Waals surface area contributed by atoms with Crippen LogP contribution in [0.5, 0.6) is 0 Å². The lowest BCUT2D eigenvalue weighted by Gasteiger charge is -2.34. The molecule has 1 aromatic heterocycles. The van der Waals surface area contributed by atoms with Gasteiger partial charge in [0.15, 0.2) is 0 Å². The summed E-state index contributed by atoms with van der Waals surface area (Å²) >= 11 is 0. The van der Waals surface area contributed by atoms with Crippen LogP contribution >= 0.6 is 0 Å². The van der Waals surface area contributed by atoms with Crippen LogP contribution in [0.2, 0.25) is 0 Å². The summed E-state index contributed by atoms with van der Waals surface area (Å²) in [5, 5.41) is 14.3. The molecule has 7 heteroatoms. The van der Waals surface area contributed by atoms with Crippen LogP contribution in [0, 0.1) is 11.3 Å². The first kappa shape index (κ1) is 22.6. The second kappa shape index (κ2) is 10.3. The molecule has 33 heavy (non-hydrogen) atoms. The second-order valence-corrected chi connectivity index (χ2v) is 8.16. The van der Waals surface area contributed by atoms with Crippen molar-refractivity contribution in [1.82, 2.24) is 10.2 Å². The van der Waals surface area contributed by atoms with Crippen LogP contribution in [0.4, 0.5) is 5.69 Å². The van der Waals surface area contributed by atoms with Crippen LogP contribution in [-0.4, -0.2) is 64.3 Å². The maximum Gasteiger partial charge on any atom is 0.262 e. The second-order valence-electron chi connectivity index (χ2n) is 8.16. The third-order valence-electron chi connectivity index (χ3n) is 5.85. The number of nitrogens with one attached hydrogen (secondary N) is 1. The Kier molecular flexibility index (Phi) is 7.08. The Morgan fingerprint density at radius 1 is 1.12 bits per heavy atom. The van der Waals surface area contributed by atoms with E-state index in [1.54, 1.807) is 13.2 Å². The Labute approximate surface area is 193 Å². The molecular formula is C26H28N4O3. The van der Waals surface area contributed by atoms with Crippen molar-refractivity contribution in [1.29, 1.82) is 5.26 Å². The predicted octanol–water partition coefficient (Wildman–Crippen LogP) is 3.52. The fraction of sp³-hybridized carbons (Fsp3) is 0.308. The molecule has 1 N–H and O–H groups in total. The Morgan fingerprint density at radius 2 is 1.88 bits per heavy atom. The molecule has 4 rings (SSSR count). The molecule has 7 nitrogen and oxygen atoms in total. The maximum atomic E-state index is 12.1. The van der Waals surface area contributed by atoms with Gasteiger partial charge < -0.3 is 24.3 Å². The zero-order chi connectivity index (χ0) is 23.2. The van der Waals surface area contributed by atoms with Crippen molar-refractivity contribution < 1.29 is 13.9 Å². The molecule has 0 unspecified atom stereocenters. The minimum Gasteiger partial charge on any atom is -0.457 e.